The number of aromatic amines is 1. The molecule has 29 heavy (non-hydrogen) atoms. The molecule has 5 rings (SSSR count). The number of fused-ring (bicyclic) bond motifs is 2. The van der Waals surface area contributed by atoms with E-state index in [0.717, 1.165) is 40.3 Å². The standard InChI is InChI=1S/C21H23N5O2S/c1-12-24-19-17(20(27)25-26(19)14-6-9-28-21(2,3)11-14)18(29-12)13-4-5-15-16(10-13)23-8-7-22-15/h4-5,7-8,10,14,18H,6,9,11H2,1-3H3,(H,25,27)/t14-,18-/m0/s1. The van der Waals surface area contributed by atoms with Crippen molar-refractivity contribution in [1.82, 2.24) is 19.7 Å². The van der Waals surface area contributed by atoms with Crippen LogP contribution in [0.25, 0.3) is 11.0 Å². The summed E-state index contributed by atoms with van der Waals surface area (Å²) in [6.07, 6.45) is 5.07. The molecule has 2 atom stereocenters. The molecule has 1 saturated heterocycles. The topological polar surface area (TPSA) is 85.2 Å². The smallest absolute Gasteiger partial charge is 0.271 e. The van der Waals surface area contributed by atoms with E-state index in [4.69, 9.17) is 9.73 Å². The minimum Gasteiger partial charge on any atom is -0.375 e. The second-order valence-electron chi connectivity index (χ2n) is 8.24. The number of nitrogens with zero attached hydrogens (tertiary/aromatic N) is 4. The van der Waals surface area contributed by atoms with Crippen LogP contribution in [-0.2, 0) is 4.74 Å². The molecule has 0 saturated carbocycles. The summed E-state index contributed by atoms with van der Waals surface area (Å²) < 4.78 is 7.83. The van der Waals surface area contributed by atoms with Gasteiger partial charge < -0.3 is 4.74 Å². The third-order valence-electron chi connectivity index (χ3n) is 5.58. The number of benzene rings is 1. The van der Waals surface area contributed by atoms with Crippen molar-refractivity contribution in [3.63, 3.8) is 0 Å². The molecule has 2 aliphatic heterocycles. The Labute approximate surface area is 172 Å². The maximum atomic E-state index is 13.0. The molecular formula is C21H23N5O2S. The molecule has 8 heteroatoms. The number of hydrogen-bond donors (Lipinski definition) is 1. The van der Waals surface area contributed by atoms with Crippen LogP contribution in [0.15, 0.2) is 40.4 Å². The Hall–Kier alpha value is -2.45. The summed E-state index contributed by atoms with van der Waals surface area (Å²) in [7, 11) is 0. The van der Waals surface area contributed by atoms with Gasteiger partial charge in [-0.1, -0.05) is 17.8 Å². The van der Waals surface area contributed by atoms with Gasteiger partial charge in [-0.25, -0.2) is 4.99 Å². The monoisotopic (exact) mass is 409 g/mol. The van der Waals surface area contributed by atoms with Crippen LogP contribution in [0.1, 0.15) is 56.0 Å². The quantitative estimate of drug-likeness (QED) is 0.688. The first-order chi connectivity index (χ1) is 13.9. The average molecular weight is 410 g/mol. The fourth-order valence-corrected chi connectivity index (χ4v) is 5.36. The highest BCUT2D eigenvalue weighted by atomic mass is 32.2. The zero-order valence-corrected chi connectivity index (χ0v) is 17.5. The van der Waals surface area contributed by atoms with E-state index in [1.165, 1.54) is 0 Å². The number of ether oxygens (including phenoxy) is 1. The number of nitrogens with one attached hydrogen (secondary N) is 1. The SMILES string of the molecule is CC1=Nc2c(c(=O)[nH]n2[C@H]2CCOC(C)(C)C2)[C@H](c2ccc3nccnc3c2)S1. The summed E-state index contributed by atoms with van der Waals surface area (Å²) in [5.41, 5.74) is 3.14. The number of aromatic nitrogens is 4. The lowest BCUT2D eigenvalue weighted by molar-refractivity contribution is -0.0705. The number of H-pyrrole nitrogens is 1. The Morgan fingerprint density at radius 1 is 1.24 bits per heavy atom. The molecule has 4 heterocycles. The number of rotatable bonds is 2. The molecule has 1 fully saturated rings. The van der Waals surface area contributed by atoms with Crippen molar-refractivity contribution in [2.75, 3.05) is 6.61 Å². The van der Waals surface area contributed by atoms with E-state index in [-0.39, 0.29) is 22.5 Å². The second kappa shape index (κ2) is 6.81. The van der Waals surface area contributed by atoms with Gasteiger partial charge in [0.2, 0.25) is 0 Å². The van der Waals surface area contributed by atoms with E-state index in [0.29, 0.717) is 12.2 Å². The summed E-state index contributed by atoms with van der Waals surface area (Å²) in [5, 5.41) is 3.90. The molecule has 1 aromatic carbocycles. The summed E-state index contributed by atoms with van der Waals surface area (Å²) in [4.78, 5) is 26.6. The Balaban J connectivity index is 1.61. The molecule has 2 aromatic heterocycles. The molecule has 0 spiro atoms. The fraction of sp³-hybridized carbons (Fsp3) is 0.429. The van der Waals surface area contributed by atoms with Crippen LogP contribution < -0.4 is 5.56 Å². The summed E-state index contributed by atoms with van der Waals surface area (Å²) in [6.45, 7) is 6.86. The zero-order chi connectivity index (χ0) is 20.2. The van der Waals surface area contributed by atoms with Gasteiger partial charge in [0.15, 0.2) is 5.82 Å². The zero-order valence-electron chi connectivity index (χ0n) is 16.7. The lowest BCUT2D eigenvalue weighted by atomic mass is 9.94. The van der Waals surface area contributed by atoms with E-state index in [1.54, 1.807) is 24.2 Å². The molecule has 0 radical (unpaired) electrons. The van der Waals surface area contributed by atoms with Crippen molar-refractivity contribution in [2.45, 2.75) is 50.5 Å². The second-order valence-corrected chi connectivity index (χ2v) is 9.53. The molecule has 0 bridgehead atoms. The van der Waals surface area contributed by atoms with Crippen LogP contribution in [0, 0.1) is 0 Å². The van der Waals surface area contributed by atoms with Crippen molar-refractivity contribution in [2.24, 2.45) is 4.99 Å². The lowest BCUT2D eigenvalue weighted by Crippen LogP contribution is -2.35. The van der Waals surface area contributed by atoms with E-state index in [9.17, 15) is 4.79 Å². The molecular weight excluding hydrogens is 386 g/mol. The first-order valence-electron chi connectivity index (χ1n) is 9.82. The summed E-state index contributed by atoms with van der Waals surface area (Å²) >= 11 is 1.61. The van der Waals surface area contributed by atoms with Crippen LogP contribution in [0.3, 0.4) is 0 Å². The molecule has 0 amide bonds. The van der Waals surface area contributed by atoms with Crippen LogP contribution in [0.2, 0.25) is 0 Å². The van der Waals surface area contributed by atoms with Gasteiger partial charge in [0, 0.05) is 19.0 Å². The third-order valence-corrected chi connectivity index (χ3v) is 6.76. The average Bonchev–Trinajstić information content (AvgIpc) is 3.02. The van der Waals surface area contributed by atoms with Gasteiger partial charge in [-0.3, -0.25) is 24.5 Å². The minimum absolute atomic E-state index is 0.0720. The predicted octanol–water partition coefficient (Wildman–Crippen LogP) is 4.14. The fourth-order valence-electron chi connectivity index (χ4n) is 4.27. The van der Waals surface area contributed by atoms with Crippen molar-refractivity contribution >= 4 is 33.7 Å². The van der Waals surface area contributed by atoms with Gasteiger partial charge >= 0.3 is 0 Å². The van der Waals surface area contributed by atoms with E-state index >= 15 is 0 Å². The van der Waals surface area contributed by atoms with Crippen LogP contribution in [-0.4, -0.2) is 37.0 Å². The maximum Gasteiger partial charge on any atom is 0.271 e. The molecule has 3 aromatic rings. The van der Waals surface area contributed by atoms with E-state index in [2.05, 4.69) is 28.9 Å². The Kier molecular flexibility index (Phi) is 4.36. The maximum absolute atomic E-state index is 13.0. The largest absolute Gasteiger partial charge is 0.375 e. The van der Waals surface area contributed by atoms with Gasteiger partial charge in [0.25, 0.3) is 5.56 Å². The predicted molar refractivity (Wildman–Crippen MR) is 115 cm³/mol. The van der Waals surface area contributed by atoms with E-state index in [1.807, 2.05) is 29.8 Å². The van der Waals surface area contributed by atoms with Gasteiger partial charge in [0.1, 0.15) is 0 Å². The molecule has 7 nitrogen and oxygen atoms in total. The van der Waals surface area contributed by atoms with Crippen molar-refractivity contribution in [1.29, 1.82) is 0 Å². The van der Waals surface area contributed by atoms with Gasteiger partial charge in [-0.2, -0.15) is 0 Å². The number of thioether (sulfide) groups is 1. The van der Waals surface area contributed by atoms with Gasteiger partial charge in [0.05, 0.1) is 38.5 Å². The first-order valence-corrected chi connectivity index (χ1v) is 10.7. The normalized spacial score (nSPS) is 23.6. The Morgan fingerprint density at radius 2 is 2.03 bits per heavy atom. The van der Waals surface area contributed by atoms with Crippen molar-refractivity contribution in [3.8, 4) is 0 Å². The number of aliphatic imine (C=N–C) groups is 1. The van der Waals surface area contributed by atoms with Gasteiger partial charge in [-0.15, -0.1) is 0 Å². The Morgan fingerprint density at radius 3 is 2.83 bits per heavy atom. The Bertz CT molecular complexity index is 1180. The van der Waals surface area contributed by atoms with Crippen LogP contribution >= 0.6 is 11.8 Å². The molecule has 1 N–H and O–H groups in total. The molecule has 0 aliphatic carbocycles. The third kappa shape index (κ3) is 3.30. The van der Waals surface area contributed by atoms with Gasteiger partial charge in [-0.05, 0) is 51.3 Å². The summed E-state index contributed by atoms with van der Waals surface area (Å²) in [6, 6.07) is 6.19. The summed E-state index contributed by atoms with van der Waals surface area (Å²) in [5.74, 6) is 0.748. The van der Waals surface area contributed by atoms with Crippen molar-refractivity contribution in [3.05, 3.63) is 52.1 Å². The minimum atomic E-state index is -0.213. The van der Waals surface area contributed by atoms with Crippen LogP contribution in [0.5, 0.6) is 0 Å². The van der Waals surface area contributed by atoms with Crippen molar-refractivity contribution < 1.29 is 4.74 Å². The lowest BCUT2D eigenvalue weighted by Gasteiger charge is -2.36. The van der Waals surface area contributed by atoms with E-state index < -0.39 is 0 Å². The highest BCUT2D eigenvalue weighted by molar-refractivity contribution is 8.14. The van der Waals surface area contributed by atoms with Crippen LogP contribution in [0.4, 0.5) is 5.82 Å². The number of hydrogen-bond acceptors (Lipinski definition) is 6. The highest BCUT2D eigenvalue weighted by Crippen LogP contribution is 2.45. The highest BCUT2D eigenvalue weighted by Gasteiger charge is 2.35. The molecule has 150 valence electrons. The molecule has 2 aliphatic rings. The first kappa shape index (κ1) is 18.6. The molecule has 0 unspecified atom stereocenters.